The molecule has 7 nitrogen and oxygen atoms in total. The van der Waals surface area contributed by atoms with Crippen LogP contribution in [-0.2, 0) is 10.0 Å². The Hall–Kier alpha value is -3.43. The number of ether oxygens (including phenoxy) is 1. The summed E-state index contributed by atoms with van der Waals surface area (Å²) in [6, 6.07) is 18.9. The van der Waals surface area contributed by atoms with Gasteiger partial charge in [-0.2, -0.15) is 0 Å². The van der Waals surface area contributed by atoms with Crippen molar-refractivity contribution in [2.24, 2.45) is 0 Å². The smallest absolute Gasteiger partial charge is 0.264 e. The first-order valence-corrected chi connectivity index (χ1v) is 12.0. The van der Waals surface area contributed by atoms with Crippen LogP contribution in [0.25, 0.3) is 10.2 Å². The molecule has 0 saturated heterocycles. The largest absolute Gasteiger partial charge is 0.495 e. The summed E-state index contributed by atoms with van der Waals surface area (Å²) in [5.74, 6) is 0.0121. The molecule has 0 aliphatic carbocycles. The molecule has 32 heavy (non-hydrogen) atoms. The molecule has 4 aromatic rings. The van der Waals surface area contributed by atoms with E-state index in [9.17, 15) is 13.2 Å². The number of benzene rings is 3. The number of nitrogens with zero attached hydrogens (tertiary/aromatic N) is 2. The highest BCUT2D eigenvalue weighted by Gasteiger charge is 2.25. The van der Waals surface area contributed by atoms with Gasteiger partial charge in [0.15, 0.2) is 5.13 Å². The van der Waals surface area contributed by atoms with Gasteiger partial charge in [-0.15, -0.1) is 0 Å². The van der Waals surface area contributed by atoms with Gasteiger partial charge in [0.25, 0.3) is 15.9 Å². The average Bonchev–Trinajstić information content (AvgIpc) is 3.20. The second-order valence-electron chi connectivity index (χ2n) is 7.06. The summed E-state index contributed by atoms with van der Waals surface area (Å²) in [5.41, 5.74) is 2.11. The van der Waals surface area contributed by atoms with E-state index >= 15 is 0 Å². The number of thiazole rings is 1. The zero-order valence-corrected chi connectivity index (χ0v) is 19.3. The molecule has 0 fully saturated rings. The Morgan fingerprint density at radius 3 is 2.53 bits per heavy atom. The third kappa shape index (κ3) is 4.04. The summed E-state index contributed by atoms with van der Waals surface area (Å²) in [5, 5.41) is 3.24. The van der Waals surface area contributed by atoms with Crippen molar-refractivity contribution in [2.75, 3.05) is 23.8 Å². The lowest BCUT2D eigenvalue weighted by Gasteiger charge is -2.22. The van der Waals surface area contributed by atoms with Crippen LogP contribution in [0.15, 0.2) is 71.6 Å². The van der Waals surface area contributed by atoms with E-state index in [-0.39, 0.29) is 10.5 Å². The standard InChI is InChI=1S/C23H21N3O4S2/c1-15-12-13-16(32(28,29)26(2)19-9-5-6-10-20(19)30-3)14-17(15)22(27)25-23-24-18-8-4-7-11-21(18)31-23/h4-14H,1-3H3,(H,24,25,27). The number of sulfonamides is 1. The van der Waals surface area contributed by atoms with Gasteiger partial charge >= 0.3 is 0 Å². The lowest BCUT2D eigenvalue weighted by atomic mass is 10.1. The molecule has 0 saturated carbocycles. The van der Waals surface area contributed by atoms with E-state index < -0.39 is 15.9 Å². The zero-order chi connectivity index (χ0) is 22.9. The van der Waals surface area contributed by atoms with Crippen molar-refractivity contribution in [1.29, 1.82) is 0 Å². The molecule has 164 valence electrons. The van der Waals surface area contributed by atoms with Crippen LogP contribution in [0.3, 0.4) is 0 Å². The minimum absolute atomic E-state index is 0.00551. The molecule has 3 aromatic carbocycles. The Morgan fingerprint density at radius 2 is 1.78 bits per heavy atom. The average molecular weight is 468 g/mol. The number of para-hydroxylation sites is 3. The van der Waals surface area contributed by atoms with Gasteiger partial charge in [-0.1, -0.05) is 41.7 Å². The van der Waals surface area contributed by atoms with Crippen molar-refractivity contribution in [3.05, 3.63) is 77.9 Å². The van der Waals surface area contributed by atoms with Gasteiger partial charge in [0.05, 0.1) is 27.9 Å². The van der Waals surface area contributed by atoms with Crippen LogP contribution < -0.4 is 14.4 Å². The number of anilines is 2. The van der Waals surface area contributed by atoms with E-state index in [1.807, 2.05) is 24.3 Å². The van der Waals surface area contributed by atoms with Crippen LogP contribution in [-0.4, -0.2) is 33.5 Å². The third-order valence-electron chi connectivity index (χ3n) is 5.05. The summed E-state index contributed by atoms with van der Waals surface area (Å²) >= 11 is 1.36. The summed E-state index contributed by atoms with van der Waals surface area (Å²) < 4.78 is 34.0. The van der Waals surface area contributed by atoms with E-state index in [1.54, 1.807) is 37.3 Å². The second kappa shape index (κ2) is 8.60. The number of amides is 1. The van der Waals surface area contributed by atoms with Crippen molar-refractivity contribution >= 4 is 48.3 Å². The predicted molar refractivity (Wildman–Crippen MR) is 127 cm³/mol. The monoisotopic (exact) mass is 467 g/mol. The maximum absolute atomic E-state index is 13.3. The van der Waals surface area contributed by atoms with Gasteiger partial charge in [-0.3, -0.25) is 14.4 Å². The van der Waals surface area contributed by atoms with Crippen LogP contribution in [0.1, 0.15) is 15.9 Å². The zero-order valence-electron chi connectivity index (χ0n) is 17.7. The Labute approximate surface area is 190 Å². The van der Waals surface area contributed by atoms with Gasteiger partial charge in [0, 0.05) is 12.6 Å². The Bertz CT molecular complexity index is 1380. The van der Waals surface area contributed by atoms with Crippen molar-refractivity contribution in [1.82, 2.24) is 4.98 Å². The fraction of sp³-hybridized carbons (Fsp3) is 0.130. The molecule has 1 aromatic heterocycles. The molecule has 9 heteroatoms. The van der Waals surface area contributed by atoms with Crippen molar-refractivity contribution in [3.8, 4) is 5.75 Å². The van der Waals surface area contributed by atoms with E-state index in [0.29, 0.717) is 22.1 Å². The minimum atomic E-state index is -3.93. The summed E-state index contributed by atoms with van der Waals surface area (Å²) in [6.07, 6.45) is 0. The number of nitrogens with one attached hydrogen (secondary N) is 1. The lowest BCUT2D eigenvalue weighted by Crippen LogP contribution is -2.27. The minimum Gasteiger partial charge on any atom is -0.495 e. The molecular formula is C23H21N3O4S2. The topological polar surface area (TPSA) is 88.6 Å². The van der Waals surface area contributed by atoms with Crippen LogP contribution in [0, 0.1) is 6.92 Å². The van der Waals surface area contributed by atoms with Gasteiger partial charge in [0.2, 0.25) is 0 Å². The van der Waals surface area contributed by atoms with Crippen LogP contribution in [0.5, 0.6) is 5.75 Å². The molecule has 1 N–H and O–H groups in total. The van der Waals surface area contributed by atoms with Gasteiger partial charge < -0.3 is 4.74 Å². The number of methoxy groups -OCH3 is 1. The highest BCUT2D eigenvalue weighted by atomic mass is 32.2. The Morgan fingerprint density at radius 1 is 1.06 bits per heavy atom. The molecule has 1 amide bonds. The summed E-state index contributed by atoms with van der Waals surface area (Å²) in [6.45, 7) is 1.76. The molecule has 0 atom stereocenters. The molecule has 0 unspecified atom stereocenters. The number of carbonyl (C=O) groups is 1. The first kappa shape index (κ1) is 21.8. The van der Waals surface area contributed by atoms with Crippen molar-refractivity contribution in [3.63, 3.8) is 0 Å². The lowest BCUT2D eigenvalue weighted by molar-refractivity contribution is 0.102. The molecule has 0 aliphatic rings. The Kier molecular flexibility index (Phi) is 5.86. The van der Waals surface area contributed by atoms with Crippen LogP contribution in [0.2, 0.25) is 0 Å². The maximum Gasteiger partial charge on any atom is 0.264 e. The first-order valence-electron chi connectivity index (χ1n) is 9.71. The molecule has 0 spiro atoms. The quantitative estimate of drug-likeness (QED) is 0.444. The molecule has 0 aliphatic heterocycles. The molecular weight excluding hydrogens is 446 g/mol. The maximum atomic E-state index is 13.3. The van der Waals surface area contributed by atoms with Crippen LogP contribution in [0.4, 0.5) is 10.8 Å². The van der Waals surface area contributed by atoms with E-state index in [2.05, 4.69) is 10.3 Å². The van der Waals surface area contributed by atoms with E-state index in [4.69, 9.17) is 4.74 Å². The highest BCUT2D eigenvalue weighted by Crippen LogP contribution is 2.32. The number of rotatable bonds is 6. The van der Waals surface area contributed by atoms with Gasteiger partial charge in [-0.05, 0) is 48.9 Å². The number of aromatic nitrogens is 1. The predicted octanol–water partition coefficient (Wildman–Crippen LogP) is 4.69. The molecule has 0 bridgehead atoms. The number of carbonyl (C=O) groups excluding carboxylic acids is 1. The number of fused-ring (bicyclic) bond motifs is 1. The number of hydrogen-bond donors (Lipinski definition) is 1. The van der Waals surface area contributed by atoms with Crippen molar-refractivity contribution in [2.45, 2.75) is 11.8 Å². The highest BCUT2D eigenvalue weighted by molar-refractivity contribution is 7.92. The SMILES string of the molecule is COc1ccccc1N(C)S(=O)(=O)c1ccc(C)c(C(=O)Nc2nc3ccccc3s2)c1. The Balaban J connectivity index is 1.66. The number of aryl methyl sites for hydroxylation is 1. The first-order chi connectivity index (χ1) is 15.3. The molecule has 4 rings (SSSR count). The van der Waals surface area contributed by atoms with Gasteiger partial charge in [-0.25, -0.2) is 13.4 Å². The third-order valence-corrected chi connectivity index (χ3v) is 7.77. The van der Waals surface area contributed by atoms with E-state index in [0.717, 1.165) is 14.5 Å². The molecule has 1 heterocycles. The fourth-order valence-corrected chi connectivity index (χ4v) is 5.37. The number of hydrogen-bond acceptors (Lipinski definition) is 6. The summed E-state index contributed by atoms with van der Waals surface area (Å²) in [7, 11) is -0.996. The van der Waals surface area contributed by atoms with E-state index in [1.165, 1.54) is 37.6 Å². The fourth-order valence-electron chi connectivity index (χ4n) is 3.27. The van der Waals surface area contributed by atoms with Crippen molar-refractivity contribution < 1.29 is 17.9 Å². The van der Waals surface area contributed by atoms with Crippen LogP contribution >= 0.6 is 11.3 Å². The second-order valence-corrected chi connectivity index (χ2v) is 10.1. The summed E-state index contributed by atoms with van der Waals surface area (Å²) in [4.78, 5) is 17.4. The molecule has 0 radical (unpaired) electrons. The van der Waals surface area contributed by atoms with Gasteiger partial charge in [0.1, 0.15) is 5.75 Å². The normalized spacial score (nSPS) is 11.3.